The van der Waals surface area contributed by atoms with Gasteiger partial charge in [0, 0.05) is 17.8 Å². The van der Waals surface area contributed by atoms with Crippen molar-refractivity contribution in [3.8, 4) is 0 Å². The van der Waals surface area contributed by atoms with Crippen molar-refractivity contribution in [2.45, 2.75) is 51.9 Å². The van der Waals surface area contributed by atoms with Gasteiger partial charge in [-0.2, -0.15) is 0 Å². The van der Waals surface area contributed by atoms with Crippen molar-refractivity contribution >= 4 is 23.2 Å². The third kappa shape index (κ3) is 7.52. The molecule has 1 aliphatic rings. The highest BCUT2D eigenvalue weighted by Crippen LogP contribution is 2.19. The summed E-state index contributed by atoms with van der Waals surface area (Å²) in [7, 11) is 0. The van der Waals surface area contributed by atoms with E-state index < -0.39 is 0 Å². The highest BCUT2D eigenvalue weighted by atomic mass is 16.2. The lowest BCUT2D eigenvalue weighted by atomic mass is 9.97. The summed E-state index contributed by atoms with van der Waals surface area (Å²) in [5, 5.41) is 8.89. The fourth-order valence-corrected chi connectivity index (χ4v) is 2.91. The molecule has 3 N–H and O–H groups in total. The molecule has 0 radical (unpaired) electrons. The molecule has 5 heteroatoms. The van der Waals surface area contributed by atoms with Gasteiger partial charge in [0.15, 0.2) is 0 Å². The monoisotopic (exact) mass is 343 g/mol. The lowest BCUT2D eigenvalue weighted by molar-refractivity contribution is -0.116. The minimum Gasteiger partial charge on any atom is -0.326 e. The average Bonchev–Trinajstić information content (AvgIpc) is 2.60. The summed E-state index contributed by atoms with van der Waals surface area (Å²) >= 11 is 0. The Bertz CT molecular complexity index is 611. The second kappa shape index (κ2) is 10.7. The first-order valence-electron chi connectivity index (χ1n) is 9.25. The normalized spacial score (nSPS) is 13.9. The molecule has 0 atom stereocenters. The van der Waals surface area contributed by atoms with Gasteiger partial charge in [-0.05, 0) is 63.3 Å². The molecule has 0 aliphatic heterocycles. The van der Waals surface area contributed by atoms with Crippen molar-refractivity contribution < 1.29 is 9.59 Å². The van der Waals surface area contributed by atoms with Crippen molar-refractivity contribution in [2.24, 2.45) is 0 Å². The molecule has 2 amide bonds. The number of rotatable bonds is 9. The summed E-state index contributed by atoms with van der Waals surface area (Å²) in [6, 6.07) is 7.23. The molecule has 1 aliphatic carbocycles. The van der Waals surface area contributed by atoms with Crippen molar-refractivity contribution in [3.63, 3.8) is 0 Å². The molecule has 136 valence electrons. The summed E-state index contributed by atoms with van der Waals surface area (Å²) in [5.41, 5.74) is 2.90. The maximum atomic E-state index is 12.0. The molecule has 0 aromatic heterocycles. The van der Waals surface area contributed by atoms with Gasteiger partial charge in [0.25, 0.3) is 0 Å². The van der Waals surface area contributed by atoms with E-state index in [9.17, 15) is 9.59 Å². The first-order valence-corrected chi connectivity index (χ1v) is 9.25. The fourth-order valence-electron chi connectivity index (χ4n) is 2.91. The molecule has 0 fully saturated rings. The number of hydrogen-bond donors (Lipinski definition) is 3. The van der Waals surface area contributed by atoms with Gasteiger partial charge >= 0.3 is 0 Å². The largest absolute Gasteiger partial charge is 0.326 e. The van der Waals surface area contributed by atoms with Gasteiger partial charge in [-0.15, -0.1) is 0 Å². The second-order valence-corrected chi connectivity index (χ2v) is 6.46. The molecular weight excluding hydrogens is 314 g/mol. The van der Waals surface area contributed by atoms with Gasteiger partial charge in [0.1, 0.15) is 0 Å². The van der Waals surface area contributed by atoms with Gasteiger partial charge < -0.3 is 16.0 Å². The quantitative estimate of drug-likeness (QED) is 0.471. The van der Waals surface area contributed by atoms with Gasteiger partial charge in [-0.25, -0.2) is 0 Å². The van der Waals surface area contributed by atoms with E-state index in [0.29, 0.717) is 24.3 Å². The maximum absolute atomic E-state index is 12.0. The molecule has 0 bridgehead atoms. The summed E-state index contributed by atoms with van der Waals surface area (Å²) in [6.45, 7) is 3.08. The summed E-state index contributed by atoms with van der Waals surface area (Å²) in [4.78, 5) is 23.7. The van der Waals surface area contributed by atoms with Crippen molar-refractivity contribution in [1.82, 2.24) is 5.32 Å². The lowest BCUT2D eigenvalue weighted by Crippen LogP contribution is -2.29. The van der Waals surface area contributed by atoms with Crippen molar-refractivity contribution in [3.05, 3.63) is 35.9 Å². The Morgan fingerprint density at radius 1 is 1.08 bits per heavy atom. The maximum Gasteiger partial charge on any atom is 0.238 e. The van der Waals surface area contributed by atoms with Crippen LogP contribution in [0.4, 0.5) is 11.4 Å². The molecule has 0 heterocycles. The molecule has 2 rings (SSSR count). The van der Waals surface area contributed by atoms with Crippen LogP contribution in [0.3, 0.4) is 0 Å². The number of benzene rings is 1. The Hall–Kier alpha value is -2.14. The van der Waals surface area contributed by atoms with Crippen LogP contribution in [0.1, 0.15) is 51.9 Å². The van der Waals surface area contributed by atoms with Crippen LogP contribution in [0.2, 0.25) is 0 Å². The highest BCUT2D eigenvalue weighted by molar-refractivity contribution is 5.94. The second-order valence-electron chi connectivity index (χ2n) is 6.46. The summed E-state index contributed by atoms with van der Waals surface area (Å²) in [6.07, 6.45) is 9.65. The molecule has 1 aromatic rings. The molecule has 5 nitrogen and oxygen atoms in total. The first-order chi connectivity index (χ1) is 12.2. The Balaban J connectivity index is 1.70. The van der Waals surface area contributed by atoms with E-state index in [-0.39, 0.29) is 11.8 Å². The van der Waals surface area contributed by atoms with Crippen LogP contribution in [0.25, 0.3) is 0 Å². The van der Waals surface area contributed by atoms with E-state index in [1.165, 1.54) is 31.3 Å². The van der Waals surface area contributed by atoms with E-state index in [2.05, 4.69) is 22.0 Å². The molecule has 0 saturated heterocycles. The van der Waals surface area contributed by atoms with E-state index in [1.807, 2.05) is 25.1 Å². The summed E-state index contributed by atoms with van der Waals surface area (Å²) in [5.74, 6) is -0.0840. The number of carbonyl (C=O) groups is 2. The first kappa shape index (κ1) is 19.2. The van der Waals surface area contributed by atoms with Crippen LogP contribution in [-0.4, -0.2) is 24.9 Å². The highest BCUT2D eigenvalue weighted by Gasteiger charge is 2.06. The number of carbonyl (C=O) groups excluding carboxylic acids is 2. The molecule has 0 spiro atoms. The van der Waals surface area contributed by atoms with Crippen LogP contribution in [0, 0.1) is 0 Å². The Morgan fingerprint density at radius 3 is 2.52 bits per heavy atom. The zero-order valence-corrected chi connectivity index (χ0v) is 15.1. The van der Waals surface area contributed by atoms with Crippen LogP contribution in [0.15, 0.2) is 35.9 Å². The Kier molecular flexibility index (Phi) is 8.19. The van der Waals surface area contributed by atoms with Crippen molar-refractivity contribution in [2.75, 3.05) is 23.7 Å². The Labute approximate surface area is 150 Å². The van der Waals surface area contributed by atoms with Crippen LogP contribution >= 0.6 is 0 Å². The Morgan fingerprint density at radius 2 is 1.84 bits per heavy atom. The third-order valence-corrected chi connectivity index (χ3v) is 4.20. The number of nitrogens with one attached hydrogen (secondary N) is 3. The predicted molar refractivity (Wildman–Crippen MR) is 103 cm³/mol. The van der Waals surface area contributed by atoms with Gasteiger partial charge in [-0.1, -0.05) is 24.6 Å². The topological polar surface area (TPSA) is 70.2 Å². The molecule has 0 saturated carbocycles. The number of allylic oxidation sites excluding steroid dienone is 1. The van der Waals surface area contributed by atoms with E-state index >= 15 is 0 Å². The van der Waals surface area contributed by atoms with Gasteiger partial charge in [0.2, 0.25) is 11.8 Å². The average molecular weight is 343 g/mol. The zero-order valence-electron chi connectivity index (χ0n) is 15.1. The SMILES string of the molecule is CCCC(=O)Nc1cccc(NC(=O)CNCCC2=CCCCC2)c1. The fraction of sp³-hybridized carbons (Fsp3) is 0.500. The lowest BCUT2D eigenvalue weighted by Gasteiger charge is -2.13. The van der Waals surface area contributed by atoms with E-state index in [4.69, 9.17) is 0 Å². The molecule has 25 heavy (non-hydrogen) atoms. The van der Waals surface area contributed by atoms with Crippen molar-refractivity contribution in [1.29, 1.82) is 0 Å². The smallest absolute Gasteiger partial charge is 0.238 e. The molecular formula is C20H29N3O2. The number of amides is 2. The van der Waals surface area contributed by atoms with Crippen LogP contribution in [0.5, 0.6) is 0 Å². The minimum absolute atomic E-state index is 0.00957. The summed E-state index contributed by atoms with van der Waals surface area (Å²) < 4.78 is 0. The molecule has 0 unspecified atom stereocenters. The van der Waals surface area contributed by atoms with Crippen LogP contribution in [-0.2, 0) is 9.59 Å². The third-order valence-electron chi connectivity index (χ3n) is 4.20. The zero-order chi connectivity index (χ0) is 17.9. The van der Waals surface area contributed by atoms with Gasteiger partial charge in [0.05, 0.1) is 6.54 Å². The minimum atomic E-state index is -0.0744. The van der Waals surface area contributed by atoms with E-state index in [1.54, 1.807) is 6.07 Å². The number of hydrogen-bond acceptors (Lipinski definition) is 3. The van der Waals surface area contributed by atoms with Crippen LogP contribution < -0.4 is 16.0 Å². The number of anilines is 2. The molecule has 1 aromatic carbocycles. The standard InChI is InChI=1S/C20H29N3O2/c1-2-7-19(24)22-17-10-6-11-18(14-17)23-20(25)15-21-13-12-16-8-4-3-5-9-16/h6,8,10-11,14,21H,2-5,7,9,12-13,15H2,1H3,(H,22,24)(H,23,25). The van der Waals surface area contributed by atoms with Gasteiger partial charge in [-0.3, -0.25) is 9.59 Å². The predicted octanol–water partition coefficient (Wildman–Crippen LogP) is 3.84. The van der Waals surface area contributed by atoms with E-state index in [0.717, 1.165) is 19.4 Å².